The van der Waals surface area contributed by atoms with Gasteiger partial charge in [-0.2, -0.15) is 5.10 Å². The van der Waals surface area contributed by atoms with Crippen molar-refractivity contribution in [2.24, 2.45) is 7.05 Å². The molecule has 0 fully saturated rings. The molecule has 4 aromatic rings. The number of rotatable bonds is 11. The van der Waals surface area contributed by atoms with Crippen molar-refractivity contribution in [1.29, 1.82) is 0 Å². The molecule has 39 heavy (non-hydrogen) atoms. The zero-order valence-electron chi connectivity index (χ0n) is 23.1. The van der Waals surface area contributed by atoms with Crippen molar-refractivity contribution in [1.82, 2.24) is 34.5 Å². The van der Waals surface area contributed by atoms with Gasteiger partial charge in [0.05, 0.1) is 25.6 Å². The summed E-state index contributed by atoms with van der Waals surface area (Å²) in [5.41, 5.74) is 1.82. The lowest BCUT2D eigenvalue weighted by atomic mass is 10.2. The molecule has 0 aliphatic carbocycles. The number of hydrogen-bond donors (Lipinski definition) is 0. The van der Waals surface area contributed by atoms with Gasteiger partial charge >= 0.3 is 0 Å². The normalized spacial score (nSPS) is 13.4. The van der Waals surface area contributed by atoms with Crippen LogP contribution in [0.25, 0.3) is 17.2 Å². The maximum absolute atomic E-state index is 13.9. The third-order valence-corrected chi connectivity index (χ3v) is 8.14. The summed E-state index contributed by atoms with van der Waals surface area (Å²) < 4.78 is 48.3. The molecular formula is C26H33N7O5S. The second-order valence-corrected chi connectivity index (χ2v) is 11.8. The molecule has 0 saturated carbocycles. The Morgan fingerprint density at radius 2 is 1.62 bits per heavy atom. The Hall–Kier alpha value is -3.84. The van der Waals surface area contributed by atoms with Gasteiger partial charge in [-0.3, -0.25) is 9.25 Å². The number of aryl methyl sites for hydroxylation is 2. The van der Waals surface area contributed by atoms with E-state index in [0.29, 0.717) is 34.5 Å². The first kappa shape index (κ1) is 28.2. The quantitative estimate of drug-likeness (QED) is 0.271. The molecule has 0 amide bonds. The highest BCUT2D eigenvalue weighted by Crippen LogP contribution is 2.37. The van der Waals surface area contributed by atoms with Gasteiger partial charge in [-0.25, -0.2) is 18.4 Å². The molecule has 1 aromatic carbocycles. The molecule has 0 bridgehead atoms. The summed E-state index contributed by atoms with van der Waals surface area (Å²) in [5, 5.41) is 12.1. The highest BCUT2D eigenvalue weighted by molar-refractivity contribution is 7.91. The van der Waals surface area contributed by atoms with E-state index in [0.717, 1.165) is 5.56 Å². The van der Waals surface area contributed by atoms with Gasteiger partial charge in [0.2, 0.25) is 0 Å². The van der Waals surface area contributed by atoms with Crippen LogP contribution in [0.3, 0.4) is 0 Å². The Bertz CT molecular complexity index is 1510. The third kappa shape index (κ3) is 5.93. The Morgan fingerprint density at radius 3 is 2.15 bits per heavy atom. The molecule has 0 saturated heterocycles. The molecule has 0 N–H and O–H groups in total. The highest BCUT2D eigenvalue weighted by atomic mass is 32.2. The van der Waals surface area contributed by atoms with Gasteiger partial charge in [0.25, 0.3) is 0 Å². The zero-order chi connectivity index (χ0) is 28.3. The third-order valence-electron chi connectivity index (χ3n) is 6.10. The molecule has 4 rings (SSSR count). The average Bonchev–Trinajstić information content (AvgIpc) is 3.52. The van der Waals surface area contributed by atoms with Crippen LogP contribution in [0.1, 0.15) is 44.1 Å². The first-order valence-corrected chi connectivity index (χ1v) is 14.1. The van der Waals surface area contributed by atoms with Crippen molar-refractivity contribution in [3.05, 3.63) is 60.1 Å². The molecule has 3 aromatic heterocycles. The average molecular weight is 556 g/mol. The summed E-state index contributed by atoms with van der Waals surface area (Å²) in [6, 6.07) is 7.05. The SMILES string of the molecule is COc1cccc(OC)c1-n1c(CS(=O)(=O)[C@@H](C)[C@@H](OC(C)C)c2ncc(C)cn2)nnc1-c1ccn(C)n1. The molecule has 0 aliphatic heterocycles. The highest BCUT2D eigenvalue weighted by Gasteiger charge is 2.36. The predicted octanol–water partition coefficient (Wildman–Crippen LogP) is 3.25. The summed E-state index contributed by atoms with van der Waals surface area (Å²) in [4.78, 5) is 8.71. The van der Waals surface area contributed by atoms with Gasteiger partial charge in [0, 0.05) is 25.6 Å². The van der Waals surface area contributed by atoms with E-state index < -0.39 is 26.9 Å². The number of benzene rings is 1. The summed E-state index contributed by atoms with van der Waals surface area (Å²) in [6.45, 7) is 7.13. The van der Waals surface area contributed by atoms with Gasteiger partial charge < -0.3 is 14.2 Å². The van der Waals surface area contributed by atoms with E-state index in [2.05, 4.69) is 25.3 Å². The number of nitrogens with zero attached hydrogens (tertiary/aromatic N) is 7. The van der Waals surface area contributed by atoms with Crippen LogP contribution in [0.4, 0.5) is 0 Å². The maximum atomic E-state index is 13.9. The summed E-state index contributed by atoms with van der Waals surface area (Å²) in [7, 11) is 0.945. The Labute approximate surface area is 227 Å². The molecule has 12 nitrogen and oxygen atoms in total. The smallest absolute Gasteiger partial charge is 0.189 e. The molecule has 0 unspecified atom stereocenters. The van der Waals surface area contributed by atoms with Gasteiger partial charge in [-0.15, -0.1) is 10.2 Å². The van der Waals surface area contributed by atoms with E-state index in [4.69, 9.17) is 14.2 Å². The molecule has 0 spiro atoms. The number of ether oxygens (including phenoxy) is 3. The topological polar surface area (TPSA) is 136 Å². The van der Waals surface area contributed by atoms with Crippen LogP contribution in [0.5, 0.6) is 11.5 Å². The number of para-hydroxylation sites is 1. The maximum Gasteiger partial charge on any atom is 0.189 e. The lowest BCUT2D eigenvalue weighted by Gasteiger charge is -2.25. The van der Waals surface area contributed by atoms with E-state index in [1.807, 2.05) is 20.8 Å². The van der Waals surface area contributed by atoms with E-state index in [-0.39, 0.29) is 11.9 Å². The van der Waals surface area contributed by atoms with Crippen molar-refractivity contribution in [3.8, 4) is 28.7 Å². The first-order valence-electron chi connectivity index (χ1n) is 12.4. The Kier molecular flexibility index (Phi) is 8.31. The predicted molar refractivity (Wildman–Crippen MR) is 144 cm³/mol. The number of aromatic nitrogens is 7. The van der Waals surface area contributed by atoms with Crippen LogP contribution in [-0.4, -0.2) is 68.5 Å². The minimum absolute atomic E-state index is 0.165. The van der Waals surface area contributed by atoms with E-state index in [9.17, 15) is 8.42 Å². The number of methoxy groups -OCH3 is 2. The van der Waals surface area contributed by atoms with Gasteiger partial charge in [0.1, 0.15) is 34.7 Å². The molecule has 13 heteroatoms. The summed E-state index contributed by atoms with van der Waals surface area (Å²) in [6.07, 6.45) is 3.91. The molecule has 208 valence electrons. The van der Waals surface area contributed by atoms with Gasteiger partial charge in [-0.1, -0.05) is 6.07 Å². The van der Waals surface area contributed by atoms with Crippen molar-refractivity contribution in [2.45, 2.75) is 50.9 Å². The Balaban J connectivity index is 1.83. The van der Waals surface area contributed by atoms with Gasteiger partial charge in [-0.05, 0) is 51.5 Å². The fraction of sp³-hybridized carbons (Fsp3) is 0.423. The second kappa shape index (κ2) is 11.5. The van der Waals surface area contributed by atoms with Crippen LogP contribution in [0, 0.1) is 6.92 Å². The van der Waals surface area contributed by atoms with E-state index in [1.54, 1.807) is 66.1 Å². The van der Waals surface area contributed by atoms with E-state index in [1.165, 1.54) is 14.2 Å². The minimum Gasteiger partial charge on any atom is -0.494 e. The standard InChI is InChI=1S/C26H33N7O5S/c1-16(2)38-24(25-27-13-17(3)14-28-25)18(4)39(34,35)15-22-29-30-26(19-11-12-32(5)31-19)33(22)23-20(36-6)9-8-10-21(23)37-7/h8-14,16,18,24H,15H2,1-7H3/t18-,24+/m0/s1. The van der Waals surface area contributed by atoms with Crippen molar-refractivity contribution in [3.63, 3.8) is 0 Å². The monoisotopic (exact) mass is 555 g/mol. The lowest BCUT2D eigenvalue weighted by Crippen LogP contribution is -2.32. The zero-order valence-corrected chi connectivity index (χ0v) is 23.9. The minimum atomic E-state index is -3.89. The van der Waals surface area contributed by atoms with Crippen molar-refractivity contribution >= 4 is 9.84 Å². The molecule has 0 radical (unpaired) electrons. The number of hydrogen-bond acceptors (Lipinski definition) is 10. The van der Waals surface area contributed by atoms with Crippen molar-refractivity contribution < 1.29 is 22.6 Å². The fourth-order valence-corrected chi connectivity index (χ4v) is 5.49. The van der Waals surface area contributed by atoms with Crippen LogP contribution < -0.4 is 9.47 Å². The fourth-order valence-electron chi connectivity index (χ4n) is 4.12. The summed E-state index contributed by atoms with van der Waals surface area (Å²) in [5.74, 6) is 1.26. The van der Waals surface area contributed by atoms with E-state index >= 15 is 0 Å². The second-order valence-electron chi connectivity index (χ2n) is 9.40. The Morgan fingerprint density at radius 1 is 0.974 bits per heavy atom. The summed E-state index contributed by atoms with van der Waals surface area (Å²) >= 11 is 0. The van der Waals surface area contributed by atoms with Crippen LogP contribution in [0.2, 0.25) is 0 Å². The van der Waals surface area contributed by atoms with Gasteiger partial charge in [0.15, 0.2) is 27.3 Å². The molecule has 2 atom stereocenters. The lowest BCUT2D eigenvalue weighted by molar-refractivity contribution is 0.00141. The number of sulfone groups is 1. The van der Waals surface area contributed by atoms with Crippen LogP contribution in [0.15, 0.2) is 42.9 Å². The first-order chi connectivity index (χ1) is 18.6. The molecule has 0 aliphatic rings. The molecular weight excluding hydrogens is 522 g/mol. The van der Waals surface area contributed by atoms with Crippen molar-refractivity contribution in [2.75, 3.05) is 14.2 Å². The molecule has 3 heterocycles. The van der Waals surface area contributed by atoms with Crippen LogP contribution >= 0.6 is 0 Å². The van der Waals surface area contributed by atoms with Crippen LogP contribution in [-0.2, 0) is 27.4 Å². The largest absolute Gasteiger partial charge is 0.494 e.